The summed E-state index contributed by atoms with van der Waals surface area (Å²) in [5.41, 5.74) is 0.0201. The van der Waals surface area contributed by atoms with Gasteiger partial charge in [-0.15, -0.1) is 0 Å². The van der Waals surface area contributed by atoms with Crippen molar-refractivity contribution in [2.24, 2.45) is 0 Å². The van der Waals surface area contributed by atoms with Crippen LogP contribution in [0, 0.1) is 6.92 Å². The molecule has 1 aromatic heterocycles. The smallest absolute Gasteiger partial charge is 0.436 e. The molecule has 0 unspecified atom stereocenters. The summed E-state index contributed by atoms with van der Waals surface area (Å²) in [6, 6.07) is 8.99. The first-order chi connectivity index (χ1) is 14.7. The zero-order valence-corrected chi connectivity index (χ0v) is 16.7. The monoisotopic (exact) mass is 453 g/mol. The standard InChI is InChI=1S/C20H15ClF3N3O4/c1-10-17(21)18(20(22,23)24)26-27(10)13-4-2-3-11(5-13)19(29)25-14-7-16-15(30-9-31-16)6-12(14)8-28/h2-7,28H,8-9H2,1H3,(H,25,29). The van der Waals surface area contributed by atoms with Crippen LogP contribution in [0.5, 0.6) is 11.5 Å². The van der Waals surface area contributed by atoms with Gasteiger partial charge in [-0.2, -0.15) is 18.3 Å². The van der Waals surface area contributed by atoms with Crippen LogP contribution in [-0.4, -0.2) is 27.6 Å². The SMILES string of the molecule is Cc1c(Cl)c(C(F)(F)F)nn1-c1cccc(C(=O)Nc2cc3c(cc2CO)OCO3)c1. The number of ether oxygens (including phenoxy) is 2. The number of rotatable bonds is 4. The highest BCUT2D eigenvalue weighted by atomic mass is 35.5. The van der Waals surface area contributed by atoms with Gasteiger partial charge in [0.1, 0.15) is 0 Å². The molecule has 0 saturated heterocycles. The summed E-state index contributed by atoms with van der Waals surface area (Å²) in [6.07, 6.45) is -4.71. The van der Waals surface area contributed by atoms with Crippen molar-refractivity contribution in [3.05, 3.63) is 63.9 Å². The quantitative estimate of drug-likeness (QED) is 0.614. The molecule has 4 rings (SSSR count). The van der Waals surface area contributed by atoms with Crippen LogP contribution in [0.15, 0.2) is 36.4 Å². The van der Waals surface area contributed by atoms with Gasteiger partial charge in [-0.1, -0.05) is 17.7 Å². The van der Waals surface area contributed by atoms with Crippen molar-refractivity contribution in [3.63, 3.8) is 0 Å². The molecule has 11 heteroatoms. The Morgan fingerprint density at radius 2 is 1.97 bits per heavy atom. The second kappa shape index (κ2) is 7.78. The van der Waals surface area contributed by atoms with E-state index >= 15 is 0 Å². The summed E-state index contributed by atoms with van der Waals surface area (Å²) in [6.45, 7) is 1.08. The Labute approximate surface area is 179 Å². The summed E-state index contributed by atoms with van der Waals surface area (Å²) in [5.74, 6) is 0.334. The number of aromatic nitrogens is 2. The molecule has 2 aromatic carbocycles. The number of carbonyl (C=O) groups excluding carboxylic acids is 1. The normalized spacial score (nSPS) is 12.8. The van der Waals surface area contributed by atoms with E-state index in [9.17, 15) is 23.1 Å². The third-order valence-corrected chi connectivity index (χ3v) is 5.13. The highest BCUT2D eigenvalue weighted by molar-refractivity contribution is 6.32. The van der Waals surface area contributed by atoms with Gasteiger partial charge in [0.2, 0.25) is 6.79 Å². The largest absolute Gasteiger partial charge is 0.454 e. The van der Waals surface area contributed by atoms with Crippen molar-refractivity contribution in [3.8, 4) is 17.2 Å². The van der Waals surface area contributed by atoms with Crippen LogP contribution in [0.2, 0.25) is 5.02 Å². The summed E-state index contributed by atoms with van der Waals surface area (Å²) in [4.78, 5) is 12.8. The fraction of sp³-hybridized carbons (Fsp3) is 0.200. The van der Waals surface area contributed by atoms with Crippen molar-refractivity contribution < 1.29 is 32.5 Å². The molecular formula is C20H15ClF3N3O4. The number of benzene rings is 2. The molecule has 0 spiro atoms. The molecule has 2 heterocycles. The second-order valence-electron chi connectivity index (χ2n) is 6.68. The van der Waals surface area contributed by atoms with E-state index in [4.69, 9.17) is 21.1 Å². The minimum absolute atomic E-state index is 0.0331. The number of halogens is 4. The van der Waals surface area contributed by atoms with Gasteiger partial charge in [-0.25, -0.2) is 4.68 Å². The van der Waals surface area contributed by atoms with E-state index in [1.54, 1.807) is 6.07 Å². The molecule has 31 heavy (non-hydrogen) atoms. The van der Waals surface area contributed by atoms with Gasteiger partial charge in [-0.05, 0) is 31.2 Å². The summed E-state index contributed by atoms with van der Waals surface area (Å²) in [7, 11) is 0. The van der Waals surface area contributed by atoms with Crippen LogP contribution in [-0.2, 0) is 12.8 Å². The van der Waals surface area contributed by atoms with Crippen LogP contribution in [0.3, 0.4) is 0 Å². The van der Waals surface area contributed by atoms with Crippen LogP contribution in [0.4, 0.5) is 18.9 Å². The molecule has 0 fully saturated rings. The average molecular weight is 454 g/mol. The molecule has 0 bridgehead atoms. The van der Waals surface area contributed by atoms with Crippen LogP contribution >= 0.6 is 11.6 Å². The van der Waals surface area contributed by atoms with Gasteiger partial charge < -0.3 is 19.9 Å². The molecule has 1 amide bonds. The van der Waals surface area contributed by atoms with Crippen molar-refractivity contribution in [1.82, 2.24) is 9.78 Å². The lowest BCUT2D eigenvalue weighted by atomic mass is 10.1. The first-order valence-corrected chi connectivity index (χ1v) is 9.34. The lowest BCUT2D eigenvalue weighted by Gasteiger charge is -2.12. The Balaban J connectivity index is 1.65. The van der Waals surface area contributed by atoms with Crippen molar-refractivity contribution in [2.45, 2.75) is 19.7 Å². The van der Waals surface area contributed by atoms with Gasteiger partial charge in [0, 0.05) is 17.2 Å². The molecule has 162 valence electrons. The maximum atomic E-state index is 13.1. The van der Waals surface area contributed by atoms with E-state index in [1.165, 1.54) is 37.3 Å². The molecular weight excluding hydrogens is 439 g/mol. The summed E-state index contributed by atoms with van der Waals surface area (Å²) >= 11 is 5.81. The van der Waals surface area contributed by atoms with Crippen LogP contribution < -0.4 is 14.8 Å². The van der Waals surface area contributed by atoms with E-state index in [0.717, 1.165) is 4.68 Å². The number of hydrogen-bond donors (Lipinski definition) is 2. The molecule has 3 aromatic rings. The molecule has 0 aliphatic carbocycles. The number of alkyl halides is 3. The average Bonchev–Trinajstić information content (AvgIpc) is 3.31. The number of anilines is 1. The summed E-state index contributed by atoms with van der Waals surface area (Å²) in [5, 5.41) is 15.3. The molecule has 7 nitrogen and oxygen atoms in total. The van der Waals surface area contributed by atoms with Gasteiger partial charge >= 0.3 is 6.18 Å². The van der Waals surface area contributed by atoms with Gasteiger partial charge in [0.05, 0.1) is 28.7 Å². The number of aliphatic hydroxyl groups excluding tert-OH is 1. The Morgan fingerprint density at radius 3 is 2.61 bits per heavy atom. The number of aliphatic hydroxyl groups is 1. The predicted molar refractivity (Wildman–Crippen MR) is 105 cm³/mol. The fourth-order valence-electron chi connectivity index (χ4n) is 3.12. The molecule has 2 N–H and O–H groups in total. The lowest BCUT2D eigenvalue weighted by Crippen LogP contribution is -2.14. The Bertz CT molecular complexity index is 1180. The number of carbonyl (C=O) groups is 1. The number of nitrogens with one attached hydrogen (secondary N) is 1. The summed E-state index contributed by atoms with van der Waals surface area (Å²) < 4.78 is 50.9. The third-order valence-electron chi connectivity index (χ3n) is 4.68. The zero-order chi connectivity index (χ0) is 22.3. The Kier molecular flexibility index (Phi) is 5.28. The van der Waals surface area contributed by atoms with Gasteiger partial charge in [-0.3, -0.25) is 4.79 Å². The number of amides is 1. The Hall–Kier alpha value is -3.24. The van der Waals surface area contributed by atoms with E-state index in [-0.39, 0.29) is 30.3 Å². The van der Waals surface area contributed by atoms with E-state index in [2.05, 4.69) is 10.4 Å². The minimum Gasteiger partial charge on any atom is -0.454 e. The number of fused-ring (bicyclic) bond motifs is 1. The number of hydrogen-bond acceptors (Lipinski definition) is 5. The molecule has 1 aliphatic heterocycles. The predicted octanol–water partition coefficient (Wildman–Crippen LogP) is 4.33. The van der Waals surface area contributed by atoms with E-state index in [0.29, 0.717) is 22.7 Å². The van der Waals surface area contributed by atoms with Gasteiger partial charge in [0.25, 0.3) is 5.91 Å². The van der Waals surface area contributed by atoms with E-state index < -0.39 is 22.8 Å². The van der Waals surface area contributed by atoms with Crippen LogP contribution in [0.25, 0.3) is 5.69 Å². The van der Waals surface area contributed by atoms with E-state index in [1.807, 2.05) is 0 Å². The molecule has 0 saturated carbocycles. The number of nitrogens with zero attached hydrogens (tertiary/aromatic N) is 2. The van der Waals surface area contributed by atoms with Crippen molar-refractivity contribution in [1.29, 1.82) is 0 Å². The second-order valence-corrected chi connectivity index (χ2v) is 7.06. The first-order valence-electron chi connectivity index (χ1n) is 8.96. The van der Waals surface area contributed by atoms with Crippen molar-refractivity contribution >= 4 is 23.2 Å². The molecule has 0 radical (unpaired) electrons. The molecule has 1 aliphatic rings. The lowest BCUT2D eigenvalue weighted by molar-refractivity contribution is -0.141. The zero-order valence-electron chi connectivity index (χ0n) is 16.0. The highest BCUT2D eigenvalue weighted by Gasteiger charge is 2.38. The van der Waals surface area contributed by atoms with Crippen LogP contribution in [0.1, 0.15) is 27.3 Å². The maximum absolute atomic E-state index is 13.1. The molecule has 0 atom stereocenters. The van der Waals surface area contributed by atoms with Gasteiger partial charge in [0.15, 0.2) is 17.2 Å². The van der Waals surface area contributed by atoms with Crippen molar-refractivity contribution in [2.75, 3.05) is 12.1 Å². The fourth-order valence-corrected chi connectivity index (χ4v) is 3.35. The Morgan fingerprint density at radius 1 is 1.26 bits per heavy atom. The third kappa shape index (κ3) is 3.91. The highest BCUT2D eigenvalue weighted by Crippen LogP contribution is 2.38. The maximum Gasteiger partial charge on any atom is 0.436 e. The first kappa shape index (κ1) is 21.0. The minimum atomic E-state index is -4.71. The topological polar surface area (TPSA) is 85.6 Å².